The maximum absolute atomic E-state index is 10.1. The molecule has 0 amide bonds. The number of carbonyl (C=O) groups is 1. The Morgan fingerprint density at radius 2 is 2.30 bits per heavy atom. The van der Waals surface area contributed by atoms with Crippen LogP contribution in [0.25, 0.3) is 0 Å². The molecule has 0 aliphatic carbocycles. The van der Waals surface area contributed by atoms with Crippen LogP contribution in [0.1, 0.15) is 6.92 Å². The molecule has 0 radical (unpaired) electrons. The molecule has 2 unspecified atom stereocenters. The van der Waals surface area contributed by atoms with Crippen molar-refractivity contribution in [1.29, 1.82) is 0 Å². The summed E-state index contributed by atoms with van der Waals surface area (Å²) >= 11 is 0. The van der Waals surface area contributed by atoms with Crippen molar-refractivity contribution in [2.24, 2.45) is 5.92 Å². The molecular formula is C6H11O3P. The van der Waals surface area contributed by atoms with E-state index in [-0.39, 0.29) is 5.92 Å². The first-order valence-electron chi connectivity index (χ1n) is 2.93. The molecule has 2 N–H and O–H groups in total. The SMILES string of the molecule is C=PCC(C)C(O)C(=O)O. The molecule has 4 heteroatoms. The van der Waals surface area contributed by atoms with E-state index in [1.54, 1.807) is 6.92 Å². The highest BCUT2D eigenvalue weighted by Gasteiger charge is 2.19. The van der Waals surface area contributed by atoms with Crippen LogP contribution < -0.4 is 0 Å². The normalized spacial score (nSPS) is 16.6. The summed E-state index contributed by atoms with van der Waals surface area (Å²) in [6, 6.07) is 0. The van der Waals surface area contributed by atoms with Gasteiger partial charge < -0.3 is 10.2 Å². The second-order valence-corrected chi connectivity index (χ2v) is 2.98. The number of aliphatic hydroxyl groups is 1. The van der Waals surface area contributed by atoms with Gasteiger partial charge in [-0.05, 0) is 6.16 Å². The molecule has 0 saturated carbocycles. The number of carboxylic acid groups (broad SMARTS) is 1. The minimum Gasteiger partial charge on any atom is -0.479 e. The molecule has 0 spiro atoms. The highest BCUT2D eigenvalue weighted by atomic mass is 31.1. The first-order valence-corrected chi connectivity index (χ1v) is 4.19. The summed E-state index contributed by atoms with van der Waals surface area (Å²) in [5.74, 6) is -1.37. The van der Waals surface area contributed by atoms with E-state index >= 15 is 0 Å². The van der Waals surface area contributed by atoms with E-state index in [4.69, 9.17) is 10.2 Å². The molecule has 0 saturated heterocycles. The van der Waals surface area contributed by atoms with Crippen molar-refractivity contribution < 1.29 is 15.0 Å². The summed E-state index contributed by atoms with van der Waals surface area (Å²) in [7, 11) is 0.866. The van der Waals surface area contributed by atoms with Crippen LogP contribution >= 0.6 is 8.20 Å². The van der Waals surface area contributed by atoms with Gasteiger partial charge in [-0.3, -0.25) is 0 Å². The number of hydrogen-bond donors (Lipinski definition) is 2. The Morgan fingerprint density at radius 1 is 1.80 bits per heavy atom. The molecule has 0 heterocycles. The molecule has 0 aromatic heterocycles. The van der Waals surface area contributed by atoms with Crippen molar-refractivity contribution in [3.05, 3.63) is 0 Å². The van der Waals surface area contributed by atoms with Gasteiger partial charge >= 0.3 is 5.97 Å². The average Bonchev–Trinajstić information content (AvgIpc) is 1.87. The largest absolute Gasteiger partial charge is 0.479 e. The van der Waals surface area contributed by atoms with E-state index in [2.05, 4.69) is 6.30 Å². The second-order valence-electron chi connectivity index (χ2n) is 2.17. The first-order chi connectivity index (χ1) is 4.59. The lowest BCUT2D eigenvalue weighted by molar-refractivity contribution is -0.148. The van der Waals surface area contributed by atoms with E-state index in [1.807, 2.05) is 0 Å². The standard InChI is InChI=1S/C6H11O3P/c1-4(3-10-2)5(7)6(8)9/h4-5,7H,2-3H2,1H3,(H,8,9). The zero-order valence-corrected chi connectivity index (χ0v) is 6.71. The summed E-state index contributed by atoms with van der Waals surface area (Å²) in [5, 5.41) is 17.2. The monoisotopic (exact) mass is 162 g/mol. The van der Waals surface area contributed by atoms with Crippen LogP contribution in [-0.2, 0) is 4.79 Å². The summed E-state index contributed by atoms with van der Waals surface area (Å²) < 4.78 is 0. The number of hydrogen-bond acceptors (Lipinski definition) is 2. The summed E-state index contributed by atoms with van der Waals surface area (Å²) in [6.45, 7) is 1.69. The van der Waals surface area contributed by atoms with Crippen LogP contribution in [0, 0.1) is 5.92 Å². The molecule has 0 fully saturated rings. The molecule has 3 nitrogen and oxygen atoms in total. The van der Waals surface area contributed by atoms with Crippen molar-refractivity contribution >= 4 is 20.5 Å². The van der Waals surface area contributed by atoms with Gasteiger partial charge in [-0.2, -0.15) is 0 Å². The van der Waals surface area contributed by atoms with Gasteiger partial charge in [0.2, 0.25) is 0 Å². The van der Waals surface area contributed by atoms with Gasteiger partial charge in [0.1, 0.15) is 0 Å². The van der Waals surface area contributed by atoms with Crippen LogP contribution in [-0.4, -0.2) is 34.7 Å². The van der Waals surface area contributed by atoms with Crippen molar-refractivity contribution in [2.45, 2.75) is 13.0 Å². The molecule has 0 aromatic carbocycles. The van der Waals surface area contributed by atoms with Gasteiger partial charge in [-0.25, -0.2) is 4.79 Å². The van der Waals surface area contributed by atoms with Crippen molar-refractivity contribution in [2.75, 3.05) is 6.16 Å². The smallest absolute Gasteiger partial charge is 0.332 e. The zero-order valence-electron chi connectivity index (χ0n) is 5.82. The van der Waals surface area contributed by atoms with E-state index in [9.17, 15) is 4.79 Å². The van der Waals surface area contributed by atoms with E-state index in [1.165, 1.54) is 0 Å². The quantitative estimate of drug-likeness (QED) is 0.590. The summed E-state index contributed by atoms with van der Waals surface area (Å²) in [6.07, 6.45) is 2.91. The third-order valence-corrected chi connectivity index (χ3v) is 2.04. The van der Waals surface area contributed by atoms with Crippen LogP contribution in [0.3, 0.4) is 0 Å². The van der Waals surface area contributed by atoms with Gasteiger partial charge in [-0.1, -0.05) is 13.2 Å². The second kappa shape index (κ2) is 4.42. The van der Waals surface area contributed by atoms with Gasteiger partial charge in [0.05, 0.1) is 0 Å². The number of rotatable bonds is 4. The third kappa shape index (κ3) is 2.95. The van der Waals surface area contributed by atoms with Crippen molar-refractivity contribution in [3.8, 4) is 0 Å². The van der Waals surface area contributed by atoms with Crippen LogP contribution in [0.2, 0.25) is 0 Å². The molecule has 0 aromatic rings. The number of carboxylic acids is 1. The highest BCUT2D eigenvalue weighted by molar-refractivity contribution is 7.36. The Bertz CT molecular complexity index is 135. The summed E-state index contributed by atoms with van der Waals surface area (Å²) in [4.78, 5) is 10.1. The predicted molar refractivity (Wildman–Crippen MR) is 41.7 cm³/mol. The number of aliphatic carboxylic acids is 1. The lowest BCUT2D eigenvalue weighted by Crippen LogP contribution is -2.28. The predicted octanol–water partition coefficient (Wildman–Crippen LogP) is 0.446. The molecule has 0 aliphatic rings. The molecule has 0 rings (SSSR count). The lowest BCUT2D eigenvalue weighted by atomic mass is 10.1. The van der Waals surface area contributed by atoms with Gasteiger partial charge in [0.15, 0.2) is 6.10 Å². The maximum Gasteiger partial charge on any atom is 0.332 e. The fraction of sp³-hybridized carbons (Fsp3) is 0.667. The Hall–Kier alpha value is -0.400. The molecule has 10 heavy (non-hydrogen) atoms. The van der Waals surface area contributed by atoms with Crippen LogP contribution in [0.15, 0.2) is 0 Å². The first kappa shape index (κ1) is 9.60. The van der Waals surface area contributed by atoms with Gasteiger partial charge in [0, 0.05) is 5.92 Å². The zero-order chi connectivity index (χ0) is 8.15. The Morgan fingerprint density at radius 3 is 2.60 bits per heavy atom. The van der Waals surface area contributed by atoms with E-state index < -0.39 is 12.1 Å². The third-order valence-electron chi connectivity index (χ3n) is 1.21. The maximum atomic E-state index is 10.1. The average molecular weight is 162 g/mol. The topological polar surface area (TPSA) is 57.5 Å². The minimum atomic E-state index is -1.24. The summed E-state index contributed by atoms with van der Waals surface area (Å²) in [5.41, 5.74) is 0. The Labute approximate surface area is 61.5 Å². The molecule has 0 aliphatic heterocycles. The van der Waals surface area contributed by atoms with E-state index in [0.717, 1.165) is 8.20 Å². The van der Waals surface area contributed by atoms with Crippen molar-refractivity contribution in [3.63, 3.8) is 0 Å². The molecular weight excluding hydrogens is 151 g/mol. The Balaban J connectivity index is 3.80. The van der Waals surface area contributed by atoms with Crippen LogP contribution in [0.4, 0.5) is 0 Å². The highest BCUT2D eigenvalue weighted by Crippen LogP contribution is 2.08. The van der Waals surface area contributed by atoms with Gasteiger partial charge in [-0.15, -0.1) is 8.20 Å². The fourth-order valence-corrected chi connectivity index (χ4v) is 1.15. The Kier molecular flexibility index (Phi) is 4.24. The molecule has 2 atom stereocenters. The minimum absolute atomic E-state index is 0.211. The molecule has 58 valence electrons. The number of aliphatic hydroxyl groups excluding tert-OH is 1. The molecule has 0 bridgehead atoms. The fourth-order valence-electron chi connectivity index (χ4n) is 0.547. The lowest BCUT2D eigenvalue weighted by Gasteiger charge is -2.11. The van der Waals surface area contributed by atoms with E-state index in [0.29, 0.717) is 6.16 Å². The van der Waals surface area contributed by atoms with Gasteiger partial charge in [0.25, 0.3) is 0 Å². The van der Waals surface area contributed by atoms with Crippen LogP contribution in [0.5, 0.6) is 0 Å². The van der Waals surface area contributed by atoms with Crippen molar-refractivity contribution in [1.82, 2.24) is 0 Å².